The van der Waals surface area contributed by atoms with E-state index in [1.54, 1.807) is 4.68 Å². The van der Waals surface area contributed by atoms with Gasteiger partial charge in [0.1, 0.15) is 5.69 Å². The number of aldehydes is 1. The van der Waals surface area contributed by atoms with Crippen molar-refractivity contribution in [3.05, 3.63) is 17.0 Å². The lowest BCUT2D eigenvalue weighted by molar-refractivity contribution is 0.110. The number of rotatable bonds is 1. The standard InChI is InChI=1S/C7H8N2O2/c1-9-7-4-11-3-5(7)6(2-10)8-9/h2H,3-4H2,1H3. The van der Waals surface area contributed by atoms with Crippen molar-refractivity contribution >= 4 is 6.29 Å². The molecule has 4 heteroatoms. The first-order valence-corrected chi connectivity index (χ1v) is 3.40. The smallest absolute Gasteiger partial charge is 0.170 e. The van der Waals surface area contributed by atoms with Gasteiger partial charge in [0.05, 0.1) is 18.9 Å². The number of ether oxygens (including phenoxy) is 1. The van der Waals surface area contributed by atoms with Crippen LogP contribution in [0.1, 0.15) is 21.7 Å². The predicted octanol–water partition coefficient (Wildman–Crippen LogP) is 0.263. The lowest BCUT2D eigenvalue weighted by Gasteiger charge is -1.92. The van der Waals surface area contributed by atoms with Crippen LogP contribution in [0.15, 0.2) is 0 Å². The van der Waals surface area contributed by atoms with Crippen molar-refractivity contribution < 1.29 is 9.53 Å². The molecule has 0 saturated carbocycles. The summed E-state index contributed by atoms with van der Waals surface area (Å²) >= 11 is 0. The predicted molar refractivity (Wildman–Crippen MR) is 37.1 cm³/mol. The van der Waals surface area contributed by atoms with Gasteiger partial charge in [0.15, 0.2) is 6.29 Å². The highest BCUT2D eigenvalue weighted by Crippen LogP contribution is 2.20. The fraction of sp³-hybridized carbons (Fsp3) is 0.429. The van der Waals surface area contributed by atoms with Crippen LogP contribution in [0.3, 0.4) is 0 Å². The number of aromatic nitrogens is 2. The van der Waals surface area contributed by atoms with E-state index in [9.17, 15) is 4.79 Å². The molecule has 0 unspecified atom stereocenters. The van der Waals surface area contributed by atoms with Gasteiger partial charge in [0.2, 0.25) is 0 Å². The average molecular weight is 152 g/mol. The normalized spacial score (nSPS) is 15.0. The van der Waals surface area contributed by atoms with Crippen LogP contribution in [0.2, 0.25) is 0 Å². The summed E-state index contributed by atoms with van der Waals surface area (Å²) in [6.45, 7) is 1.10. The summed E-state index contributed by atoms with van der Waals surface area (Å²) < 4.78 is 6.86. The molecule has 2 heterocycles. The van der Waals surface area contributed by atoms with Gasteiger partial charge in [-0.2, -0.15) is 5.10 Å². The Labute approximate surface area is 63.8 Å². The highest BCUT2D eigenvalue weighted by atomic mass is 16.5. The van der Waals surface area contributed by atoms with Crippen LogP contribution in [0, 0.1) is 0 Å². The van der Waals surface area contributed by atoms with Crippen molar-refractivity contribution in [2.45, 2.75) is 13.2 Å². The zero-order valence-corrected chi connectivity index (χ0v) is 6.20. The quantitative estimate of drug-likeness (QED) is 0.542. The third kappa shape index (κ3) is 0.793. The second-order valence-electron chi connectivity index (χ2n) is 2.54. The highest BCUT2D eigenvalue weighted by molar-refractivity contribution is 5.74. The SMILES string of the molecule is Cn1nc(C=O)c2c1COC2. The molecule has 0 aromatic carbocycles. The molecule has 0 spiro atoms. The Bertz CT molecular complexity index is 304. The van der Waals surface area contributed by atoms with Gasteiger partial charge in [0, 0.05) is 12.6 Å². The van der Waals surface area contributed by atoms with Crippen molar-refractivity contribution in [1.82, 2.24) is 9.78 Å². The summed E-state index contributed by atoms with van der Waals surface area (Å²) in [6.07, 6.45) is 0.771. The molecular weight excluding hydrogens is 144 g/mol. The fourth-order valence-corrected chi connectivity index (χ4v) is 1.31. The molecule has 58 valence electrons. The van der Waals surface area contributed by atoms with E-state index in [-0.39, 0.29) is 0 Å². The molecule has 0 amide bonds. The second kappa shape index (κ2) is 2.17. The molecule has 0 atom stereocenters. The van der Waals surface area contributed by atoms with E-state index in [2.05, 4.69) is 5.10 Å². The number of carbonyl (C=O) groups excluding carboxylic acids is 1. The minimum Gasteiger partial charge on any atom is -0.370 e. The first-order chi connectivity index (χ1) is 5.33. The maximum atomic E-state index is 10.4. The first-order valence-electron chi connectivity index (χ1n) is 3.40. The summed E-state index contributed by atoms with van der Waals surface area (Å²) in [4.78, 5) is 10.4. The van der Waals surface area contributed by atoms with Gasteiger partial charge in [-0.05, 0) is 0 Å². The van der Waals surface area contributed by atoms with Gasteiger partial charge >= 0.3 is 0 Å². The zero-order chi connectivity index (χ0) is 7.84. The lowest BCUT2D eigenvalue weighted by Crippen LogP contribution is -1.97. The van der Waals surface area contributed by atoms with Crippen LogP contribution in [0.25, 0.3) is 0 Å². The van der Waals surface area contributed by atoms with Crippen molar-refractivity contribution in [3.63, 3.8) is 0 Å². The average Bonchev–Trinajstić information content (AvgIpc) is 2.54. The van der Waals surface area contributed by atoms with Crippen LogP contribution in [0.4, 0.5) is 0 Å². The molecule has 0 bridgehead atoms. The summed E-state index contributed by atoms with van der Waals surface area (Å²) in [7, 11) is 1.82. The summed E-state index contributed by atoms with van der Waals surface area (Å²) in [5.41, 5.74) is 2.48. The van der Waals surface area contributed by atoms with E-state index >= 15 is 0 Å². The highest BCUT2D eigenvalue weighted by Gasteiger charge is 2.20. The maximum absolute atomic E-state index is 10.4. The Morgan fingerprint density at radius 1 is 1.64 bits per heavy atom. The summed E-state index contributed by atoms with van der Waals surface area (Å²) in [5, 5.41) is 4.02. The molecule has 0 N–H and O–H groups in total. The molecule has 4 nitrogen and oxygen atoms in total. The Hall–Kier alpha value is -1.16. The van der Waals surface area contributed by atoms with Crippen LogP contribution < -0.4 is 0 Å². The topological polar surface area (TPSA) is 44.1 Å². The van der Waals surface area contributed by atoms with Gasteiger partial charge in [-0.1, -0.05) is 0 Å². The number of hydrogen-bond acceptors (Lipinski definition) is 3. The molecule has 11 heavy (non-hydrogen) atoms. The third-order valence-corrected chi connectivity index (χ3v) is 1.90. The number of hydrogen-bond donors (Lipinski definition) is 0. The van der Waals surface area contributed by atoms with Crippen molar-refractivity contribution in [2.75, 3.05) is 0 Å². The van der Waals surface area contributed by atoms with Gasteiger partial charge < -0.3 is 4.74 Å². The molecule has 1 aliphatic heterocycles. The monoisotopic (exact) mass is 152 g/mol. The number of nitrogens with zero attached hydrogens (tertiary/aromatic N) is 2. The maximum Gasteiger partial charge on any atom is 0.170 e. The molecule has 0 saturated heterocycles. The van der Waals surface area contributed by atoms with E-state index in [0.717, 1.165) is 17.5 Å². The molecule has 1 aromatic rings. The van der Waals surface area contributed by atoms with E-state index in [1.165, 1.54) is 0 Å². The molecular formula is C7H8N2O2. The largest absolute Gasteiger partial charge is 0.370 e. The number of fused-ring (bicyclic) bond motifs is 1. The Morgan fingerprint density at radius 3 is 3.18 bits per heavy atom. The zero-order valence-electron chi connectivity index (χ0n) is 6.20. The fourth-order valence-electron chi connectivity index (χ4n) is 1.31. The number of carbonyl (C=O) groups is 1. The lowest BCUT2D eigenvalue weighted by atomic mass is 10.2. The van der Waals surface area contributed by atoms with E-state index in [1.807, 2.05) is 7.05 Å². The molecule has 0 aliphatic carbocycles. The minimum absolute atomic E-state index is 0.514. The molecule has 0 fully saturated rings. The van der Waals surface area contributed by atoms with Crippen LogP contribution in [-0.4, -0.2) is 16.1 Å². The van der Waals surface area contributed by atoms with Crippen LogP contribution in [-0.2, 0) is 25.0 Å². The Balaban J connectivity index is 2.60. The Kier molecular flexibility index (Phi) is 1.29. The molecule has 1 aromatic heterocycles. The summed E-state index contributed by atoms with van der Waals surface area (Å²) in [6, 6.07) is 0. The van der Waals surface area contributed by atoms with E-state index in [0.29, 0.717) is 18.9 Å². The van der Waals surface area contributed by atoms with Crippen molar-refractivity contribution in [2.24, 2.45) is 7.05 Å². The number of aryl methyl sites for hydroxylation is 1. The molecule has 2 rings (SSSR count). The van der Waals surface area contributed by atoms with Crippen LogP contribution >= 0.6 is 0 Å². The van der Waals surface area contributed by atoms with Gasteiger partial charge in [-0.3, -0.25) is 9.48 Å². The first kappa shape index (κ1) is 6.54. The van der Waals surface area contributed by atoms with Crippen LogP contribution in [0.5, 0.6) is 0 Å². The van der Waals surface area contributed by atoms with Crippen molar-refractivity contribution in [3.8, 4) is 0 Å². The Morgan fingerprint density at radius 2 is 2.45 bits per heavy atom. The van der Waals surface area contributed by atoms with E-state index in [4.69, 9.17) is 4.74 Å². The van der Waals surface area contributed by atoms with Gasteiger partial charge in [-0.25, -0.2) is 0 Å². The summed E-state index contributed by atoms with van der Waals surface area (Å²) in [5.74, 6) is 0. The molecule has 1 aliphatic rings. The van der Waals surface area contributed by atoms with Crippen molar-refractivity contribution in [1.29, 1.82) is 0 Å². The van der Waals surface area contributed by atoms with Gasteiger partial charge in [0.25, 0.3) is 0 Å². The third-order valence-electron chi connectivity index (χ3n) is 1.90. The van der Waals surface area contributed by atoms with Gasteiger partial charge in [-0.15, -0.1) is 0 Å². The minimum atomic E-state index is 0.514. The molecule has 0 radical (unpaired) electrons. The van der Waals surface area contributed by atoms with E-state index < -0.39 is 0 Å². The second-order valence-corrected chi connectivity index (χ2v) is 2.54.